The second kappa shape index (κ2) is 4.20. The van der Waals surface area contributed by atoms with Gasteiger partial charge in [-0.3, -0.25) is 0 Å². The van der Waals surface area contributed by atoms with Crippen molar-refractivity contribution >= 4 is 21.6 Å². The second-order valence-corrected chi connectivity index (χ2v) is 3.55. The Morgan fingerprint density at radius 2 is 2.31 bits per heavy atom. The molecule has 0 heterocycles. The molecule has 1 aromatic rings. The lowest BCUT2D eigenvalue weighted by Gasteiger charge is -2.09. The van der Waals surface area contributed by atoms with Crippen LogP contribution >= 0.6 is 15.9 Å². The molecule has 0 fully saturated rings. The van der Waals surface area contributed by atoms with Crippen LogP contribution in [0.2, 0.25) is 0 Å². The minimum absolute atomic E-state index is 0.243. The van der Waals surface area contributed by atoms with Crippen molar-refractivity contribution < 1.29 is 4.74 Å². The Balaban J connectivity index is 3.00. The van der Waals surface area contributed by atoms with Gasteiger partial charge in [0, 0.05) is 4.47 Å². The van der Waals surface area contributed by atoms with Crippen LogP contribution in [0.1, 0.15) is 5.56 Å². The summed E-state index contributed by atoms with van der Waals surface area (Å²) in [6.45, 7) is 2.17. The molecular weight excluding hydrogens is 230 g/mol. The SMILES string of the molecule is C#CCOc1c(C)cc(Br)cc1N. The maximum absolute atomic E-state index is 5.74. The Labute approximate surface area is 86.2 Å². The van der Waals surface area contributed by atoms with Crippen molar-refractivity contribution in [3.05, 3.63) is 22.2 Å². The highest BCUT2D eigenvalue weighted by molar-refractivity contribution is 9.10. The Kier molecular flexibility index (Phi) is 3.21. The van der Waals surface area contributed by atoms with Crippen LogP contribution in [0.3, 0.4) is 0 Å². The van der Waals surface area contributed by atoms with E-state index in [2.05, 4.69) is 21.9 Å². The number of nitrogens with two attached hydrogens (primary N) is 1. The quantitative estimate of drug-likeness (QED) is 0.636. The predicted molar refractivity (Wildman–Crippen MR) is 57.6 cm³/mol. The second-order valence-electron chi connectivity index (χ2n) is 2.63. The predicted octanol–water partition coefficient (Wildman–Crippen LogP) is 2.35. The van der Waals surface area contributed by atoms with Crippen LogP contribution in [0.4, 0.5) is 5.69 Å². The van der Waals surface area contributed by atoms with Crippen LogP contribution < -0.4 is 10.5 Å². The lowest BCUT2D eigenvalue weighted by atomic mass is 10.2. The minimum atomic E-state index is 0.243. The van der Waals surface area contributed by atoms with Crippen molar-refractivity contribution in [3.63, 3.8) is 0 Å². The van der Waals surface area contributed by atoms with E-state index in [4.69, 9.17) is 16.9 Å². The first-order valence-corrected chi connectivity index (χ1v) is 4.56. The van der Waals surface area contributed by atoms with Gasteiger partial charge in [0.15, 0.2) is 0 Å². The van der Waals surface area contributed by atoms with E-state index in [9.17, 15) is 0 Å². The van der Waals surface area contributed by atoms with Gasteiger partial charge >= 0.3 is 0 Å². The highest BCUT2D eigenvalue weighted by atomic mass is 79.9. The molecule has 3 heteroatoms. The van der Waals surface area contributed by atoms with Crippen molar-refractivity contribution in [1.29, 1.82) is 0 Å². The summed E-state index contributed by atoms with van der Waals surface area (Å²) in [4.78, 5) is 0. The molecule has 0 aromatic heterocycles. The van der Waals surface area contributed by atoms with E-state index in [0.29, 0.717) is 11.4 Å². The summed E-state index contributed by atoms with van der Waals surface area (Å²) >= 11 is 3.34. The fourth-order valence-electron chi connectivity index (χ4n) is 1.07. The summed E-state index contributed by atoms with van der Waals surface area (Å²) in [6.07, 6.45) is 5.08. The van der Waals surface area contributed by atoms with Gasteiger partial charge in [-0.25, -0.2) is 0 Å². The Morgan fingerprint density at radius 3 is 2.85 bits per heavy atom. The molecule has 0 atom stereocenters. The van der Waals surface area contributed by atoms with Crippen molar-refractivity contribution in [2.24, 2.45) is 0 Å². The molecule has 0 bridgehead atoms. The summed E-state index contributed by atoms with van der Waals surface area (Å²) in [5.41, 5.74) is 7.31. The lowest BCUT2D eigenvalue weighted by Crippen LogP contribution is -2.00. The number of hydrogen-bond donors (Lipinski definition) is 1. The van der Waals surface area contributed by atoms with Gasteiger partial charge in [0.2, 0.25) is 0 Å². The van der Waals surface area contributed by atoms with Gasteiger partial charge in [-0.2, -0.15) is 0 Å². The molecule has 0 unspecified atom stereocenters. The number of anilines is 1. The zero-order valence-corrected chi connectivity index (χ0v) is 8.89. The fraction of sp³-hybridized carbons (Fsp3) is 0.200. The molecule has 0 saturated carbocycles. The number of ether oxygens (including phenoxy) is 1. The van der Waals surface area contributed by atoms with Crippen LogP contribution in [0.25, 0.3) is 0 Å². The molecule has 1 rings (SSSR count). The maximum atomic E-state index is 5.74. The zero-order valence-electron chi connectivity index (χ0n) is 7.30. The smallest absolute Gasteiger partial charge is 0.148 e. The van der Waals surface area contributed by atoms with E-state index in [1.54, 1.807) is 6.07 Å². The third-order valence-electron chi connectivity index (χ3n) is 1.57. The summed E-state index contributed by atoms with van der Waals surface area (Å²) in [6, 6.07) is 3.72. The van der Waals surface area contributed by atoms with Gasteiger partial charge in [0.25, 0.3) is 0 Å². The molecular formula is C10H10BrNO. The molecule has 2 nitrogen and oxygen atoms in total. The van der Waals surface area contributed by atoms with Gasteiger partial charge in [-0.05, 0) is 24.6 Å². The highest BCUT2D eigenvalue weighted by Crippen LogP contribution is 2.29. The normalized spacial score (nSPS) is 9.31. The van der Waals surface area contributed by atoms with Crippen molar-refractivity contribution in [2.45, 2.75) is 6.92 Å². The number of halogens is 1. The third kappa shape index (κ3) is 2.40. The molecule has 0 saturated heterocycles. The van der Waals surface area contributed by atoms with E-state index in [0.717, 1.165) is 10.0 Å². The number of terminal acetylenes is 1. The molecule has 0 spiro atoms. The molecule has 0 aliphatic heterocycles. The average molecular weight is 240 g/mol. The molecule has 0 aliphatic carbocycles. The standard InChI is InChI=1S/C10H10BrNO/c1-3-4-13-10-7(2)5-8(11)6-9(10)12/h1,5-6H,4,12H2,2H3. The van der Waals surface area contributed by atoms with Crippen molar-refractivity contribution in [3.8, 4) is 18.1 Å². The molecule has 0 radical (unpaired) electrons. The topological polar surface area (TPSA) is 35.2 Å². The van der Waals surface area contributed by atoms with Gasteiger partial charge in [-0.1, -0.05) is 21.9 Å². The summed E-state index contributed by atoms with van der Waals surface area (Å²) in [5.74, 6) is 3.06. The first-order valence-electron chi connectivity index (χ1n) is 3.77. The molecule has 13 heavy (non-hydrogen) atoms. The summed E-state index contributed by atoms with van der Waals surface area (Å²) < 4.78 is 6.23. The Hall–Kier alpha value is -1.14. The van der Waals surface area contributed by atoms with E-state index in [1.165, 1.54) is 0 Å². The fourth-order valence-corrected chi connectivity index (χ4v) is 1.66. The van der Waals surface area contributed by atoms with E-state index < -0.39 is 0 Å². The third-order valence-corrected chi connectivity index (χ3v) is 2.03. The molecule has 68 valence electrons. The summed E-state index contributed by atoms with van der Waals surface area (Å²) in [7, 11) is 0. The molecule has 0 aliphatic rings. The van der Waals surface area contributed by atoms with Crippen LogP contribution in [0.15, 0.2) is 16.6 Å². The Bertz CT molecular complexity index is 331. The van der Waals surface area contributed by atoms with Crippen LogP contribution in [0.5, 0.6) is 5.75 Å². The van der Waals surface area contributed by atoms with Crippen molar-refractivity contribution in [1.82, 2.24) is 0 Å². The number of nitrogen functional groups attached to an aromatic ring is 1. The molecule has 1 aromatic carbocycles. The van der Waals surface area contributed by atoms with E-state index in [-0.39, 0.29) is 6.61 Å². The van der Waals surface area contributed by atoms with Crippen LogP contribution in [-0.4, -0.2) is 6.61 Å². The largest absolute Gasteiger partial charge is 0.479 e. The number of aryl methyl sites for hydroxylation is 1. The van der Waals surface area contributed by atoms with Gasteiger partial charge in [-0.15, -0.1) is 6.42 Å². The van der Waals surface area contributed by atoms with E-state index in [1.807, 2.05) is 13.0 Å². The Morgan fingerprint density at radius 1 is 1.62 bits per heavy atom. The maximum Gasteiger partial charge on any atom is 0.148 e. The number of rotatable bonds is 2. The van der Waals surface area contributed by atoms with Crippen LogP contribution in [0, 0.1) is 19.3 Å². The van der Waals surface area contributed by atoms with Gasteiger partial charge in [0.05, 0.1) is 5.69 Å². The lowest BCUT2D eigenvalue weighted by molar-refractivity contribution is 0.369. The zero-order chi connectivity index (χ0) is 9.84. The molecule has 0 amide bonds. The van der Waals surface area contributed by atoms with Crippen molar-refractivity contribution in [2.75, 3.05) is 12.3 Å². The average Bonchev–Trinajstić information content (AvgIpc) is 2.02. The summed E-state index contributed by atoms with van der Waals surface area (Å²) in [5, 5.41) is 0. The van der Waals surface area contributed by atoms with E-state index >= 15 is 0 Å². The first kappa shape index (κ1) is 9.94. The minimum Gasteiger partial charge on any atom is -0.479 e. The van der Waals surface area contributed by atoms with Gasteiger partial charge in [0.1, 0.15) is 12.4 Å². The number of benzene rings is 1. The molecule has 2 N–H and O–H groups in total. The van der Waals surface area contributed by atoms with Crippen LogP contribution in [-0.2, 0) is 0 Å². The first-order chi connectivity index (χ1) is 6.15. The van der Waals surface area contributed by atoms with Gasteiger partial charge < -0.3 is 10.5 Å². The number of hydrogen-bond acceptors (Lipinski definition) is 2. The highest BCUT2D eigenvalue weighted by Gasteiger charge is 2.04. The monoisotopic (exact) mass is 239 g/mol.